The number of halogens is 2. The van der Waals surface area contributed by atoms with Crippen LogP contribution in [0.25, 0.3) is 0 Å². The second-order valence-corrected chi connectivity index (χ2v) is 14.9. The number of carbonyl (C=O) groups excluding carboxylic acids is 2. The summed E-state index contributed by atoms with van der Waals surface area (Å²) in [5.41, 5.74) is 18.3. The quantitative estimate of drug-likeness (QED) is 0.0337. The topological polar surface area (TPSA) is 167 Å². The van der Waals surface area contributed by atoms with E-state index in [1.165, 1.54) is 12.8 Å². The number of nitrogens with zero attached hydrogens (tertiary/aromatic N) is 1. The zero-order chi connectivity index (χ0) is 30.1. The third-order valence-corrected chi connectivity index (χ3v) is 11.8. The molecule has 6 atom stereocenters. The Morgan fingerprint density at radius 1 is 1.05 bits per heavy atom. The van der Waals surface area contributed by atoms with Gasteiger partial charge in [0, 0.05) is 36.8 Å². The van der Waals surface area contributed by atoms with Gasteiger partial charge in [0.15, 0.2) is 0 Å². The Balaban J connectivity index is 0. The molecule has 2 saturated carbocycles. The largest absolute Gasteiger partial charge is 1.00 e. The van der Waals surface area contributed by atoms with Crippen LogP contribution in [0, 0.1) is 5.92 Å². The minimum Gasteiger partial charge on any atom is -1.00 e. The number of hydrogen-bond donors (Lipinski definition) is 6. The van der Waals surface area contributed by atoms with E-state index in [1.54, 1.807) is 0 Å². The fraction of sp³-hybridized carbons (Fsp3) is 0.741. The molecule has 2 aliphatic rings. The molecule has 0 heterocycles. The highest BCUT2D eigenvalue weighted by Gasteiger charge is 2.40. The van der Waals surface area contributed by atoms with E-state index in [9.17, 15) is 9.59 Å². The lowest BCUT2D eigenvalue weighted by Gasteiger charge is -2.43. The van der Waals surface area contributed by atoms with Gasteiger partial charge in [0.2, 0.25) is 11.8 Å². The van der Waals surface area contributed by atoms with E-state index in [4.69, 9.17) is 22.6 Å². The van der Waals surface area contributed by atoms with Gasteiger partial charge in [0.1, 0.15) is 5.71 Å². The standard InChI is InChI=1S/C26H49N7O2S3.CH2S.2ClH/c1-37(2)33(26(35)18-28)21-11-13-23(21)38(3)32-24(30)9-7-5-4-6-8-20(29)16-19-10-12-22(19)36-15-14-31-25(34)17-27;1-2;;/h19,21-23,29H,1,3-18,27-28H2,2H3,(H2,30,32)(H,31,34);1H2;2*1H. The predicted octanol–water partition coefficient (Wildman–Crippen LogP) is -6.25. The summed E-state index contributed by atoms with van der Waals surface area (Å²) in [4.78, 5) is 23.5. The Morgan fingerprint density at radius 3 is 2.19 bits per heavy atom. The number of thiocarbonyl (C=S) groups is 1. The van der Waals surface area contributed by atoms with Crippen LogP contribution in [-0.4, -0.2) is 93.5 Å². The van der Waals surface area contributed by atoms with E-state index >= 15 is 0 Å². The number of nitrogens with two attached hydrogens (primary N) is 4. The normalized spacial score (nSPS) is 22.3. The molecule has 0 aromatic rings. The second kappa shape index (κ2) is 24.7. The number of amidine groups is 1. The summed E-state index contributed by atoms with van der Waals surface area (Å²) in [6.45, 7) is 0.755. The number of hydrogen-bond acceptors (Lipinski definition) is 6. The molecule has 0 spiro atoms. The Bertz CT molecular complexity index is 914. The fourth-order valence-electron chi connectivity index (χ4n) is 4.95. The van der Waals surface area contributed by atoms with Crippen LogP contribution in [-0.2, 0) is 9.59 Å². The van der Waals surface area contributed by atoms with Crippen LogP contribution in [0.5, 0.6) is 0 Å². The van der Waals surface area contributed by atoms with Crippen molar-refractivity contribution in [3.8, 4) is 0 Å². The van der Waals surface area contributed by atoms with Crippen molar-refractivity contribution in [2.75, 3.05) is 31.6 Å². The molecule has 9 nitrogen and oxygen atoms in total. The fourth-order valence-corrected chi connectivity index (χ4v) is 9.14. The van der Waals surface area contributed by atoms with Gasteiger partial charge in [-0.25, -0.2) is 4.40 Å². The van der Waals surface area contributed by atoms with Gasteiger partial charge in [-0.3, -0.25) is 25.0 Å². The smallest absolute Gasteiger partial charge is 0.251 e. The van der Waals surface area contributed by atoms with Gasteiger partial charge in [-0.1, -0.05) is 30.9 Å². The Morgan fingerprint density at radius 2 is 1.69 bits per heavy atom. The highest BCUT2D eigenvalue weighted by Crippen LogP contribution is 2.40. The van der Waals surface area contributed by atoms with Gasteiger partial charge in [-0.05, 0) is 73.1 Å². The first kappa shape index (κ1) is 43.6. The highest BCUT2D eigenvalue weighted by molar-refractivity contribution is 8.12. The summed E-state index contributed by atoms with van der Waals surface area (Å²) in [6.07, 6.45) is 13.8. The predicted molar refractivity (Wildman–Crippen MR) is 183 cm³/mol. The lowest BCUT2D eigenvalue weighted by Crippen LogP contribution is -3.00. The van der Waals surface area contributed by atoms with Crippen molar-refractivity contribution in [3.05, 3.63) is 0 Å². The van der Waals surface area contributed by atoms with Crippen LogP contribution in [0.1, 0.15) is 70.6 Å². The van der Waals surface area contributed by atoms with E-state index < -0.39 is 10.7 Å². The Labute approximate surface area is 280 Å². The summed E-state index contributed by atoms with van der Waals surface area (Å²) in [7, 11) is -0.728. The van der Waals surface area contributed by atoms with Gasteiger partial charge < -0.3 is 41.6 Å². The first-order valence-corrected chi connectivity index (χ1v) is 18.9. The maximum Gasteiger partial charge on any atom is 0.251 e. The molecule has 0 aliphatic heterocycles. The van der Waals surface area contributed by atoms with Crippen LogP contribution in [0.2, 0.25) is 0 Å². The molecule has 246 valence electrons. The molecule has 42 heavy (non-hydrogen) atoms. The first-order chi connectivity index (χ1) is 19.2. The molecule has 2 rings (SSSR count). The third kappa shape index (κ3) is 15.5. The lowest BCUT2D eigenvalue weighted by molar-refractivity contribution is -0.251. The zero-order valence-electron chi connectivity index (χ0n) is 25.0. The summed E-state index contributed by atoms with van der Waals surface area (Å²) in [6, 6.07) is 0.151. The van der Waals surface area contributed by atoms with Crippen molar-refractivity contribution in [1.29, 1.82) is 0 Å². The molecular formula is C27H53Cl2N7O2S4. The summed E-state index contributed by atoms with van der Waals surface area (Å²) in [5, 5.41) is 10.1. The molecule has 10 N–H and O–H groups in total. The molecule has 2 fully saturated rings. The van der Waals surface area contributed by atoms with Crippen molar-refractivity contribution in [2.24, 2.45) is 23.1 Å². The molecular weight excluding hydrogens is 654 g/mol. The van der Waals surface area contributed by atoms with Crippen LogP contribution >= 0.6 is 45.3 Å². The molecule has 2 aliphatic carbocycles. The highest BCUT2D eigenvalue weighted by atomic mass is 35.5. The zero-order valence-corrected chi connectivity index (χ0v) is 29.8. The maximum absolute atomic E-state index is 12.3. The van der Waals surface area contributed by atoms with Gasteiger partial charge >= 0.3 is 0 Å². The number of nitrogens with one attached hydrogen (secondary N) is 2. The molecule has 2 amide bonds. The van der Waals surface area contributed by atoms with E-state index in [0.29, 0.717) is 23.0 Å². The molecule has 0 saturated heterocycles. The summed E-state index contributed by atoms with van der Waals surface area (Å²) < 4.78 is 5.27. The summed E-state index contributed by atoms with van der Waals surface area (Å²) >= 11 is 5.78. The van der Waals surface area contributed by atoms with Crippen molar-refractivity contribution >= 4 is 86.3 Å². The molecule has 15 heteroatoms. The Kier molecular flexibility index (Phi) is 25.7. The monoisotopic (exact) mass is 705 g/mol. The maximum atomic E-state index is 12.3. The van der Waals surface area contributed by atoms with Crippen LogP contribution in [0.3, 0.4) is 0 Å². The van der Waals surface area contributed by atoms with Crippen molar-refractivity contribution in [2.45, 2.75) is 87.2 Å². The average Bonchev–Trinajstić information content (AvgIpc) is 2.90. The minimum atomic E-state index is -0.394. The van der Waals surface area contributed by atoms with E-state index in [2.05, 4.69) is 39.5 Å². The minimum absolute atomic E-state index is 0. The van der Waals surface area contributed by atoms with Crippen LogP contribution < -0.4 is 57.1 Å². The van der Waals surface area contributed by atoms with Gasteiger partial charge in [0.25, 0.3) is 5.84 Å². The van der Waals surface area contributed by atoms with E-state index in [0.717, 1.165) is 75.1 Å². The van der Waals surface area contributed by atoms with Crippen molar-refractivity contribution < 1.29 is 44.2 Å². The van der Waals surface area contributed by atoms with Crippen LogP contribution in [0.15, 0.2) is 0 Å². The molecule has 0 radical (unpaired) electrons. The number of unbranched alkanes of at least 4 members (excludes halogenated alkanes) is 3. The van der Waals surface area contributed by atoms with Crippen molar-refractivity contribution in [1.82, 2.24) is 9.62 Å². The van der Waals surface area contributed by atoms with Crippen molar-refractivity contribution in [3.63, 3.8) is 0 Å². The van der Waals surface area contributed by atoms with Gasteiger partial charge in [-0.2, -0.15) is 11.8 Å². The third-order valence-electron chi connectivity index (χ3n) is 7.37. The van der Waals surface area contributed by atoms with Gasteiger partial charge in [-0.15, -0.1) is 10.7 Å². The molecule has 0 bridgehead atoms. The molecule has 0 aromatic carbocycles. The number of amides is 2. The van der Waals surface area contributed by atoms with E-state index in [1.807, 2.05) is 22.3 Å². The van der Waals surface area contributed by atoms with E-state index in [-0.39, 0.29) is 66.4 Å². The van der Waals surface area contributed by atoms with Crippen LogP contribution in [0.4, 0.5) is 0 Å². The Hall–Kier alpha value is -0.540. The number of rotatable bonds is 19. The summed E-state index contributed by atoms with van der Waals surface area (Å²) in [5.74, 6) is 13.5. The SMILES string of the molecule is C=S.C=S([NH+]=C(N)CCCCCCC(=[NH2+])CC1CCC1SCCNC(=O)CN)C1CCC1N(C(=O)CN)S(=C)C.[Cl-].[Cl-]. The second-order valence-electron chi connectivity index (χ2n) is 10.3. The average molecular weight is 707 g/mol. The van der Waals surface area contributed by atoms with Gasteiger partial charge in [0.05, 0.1) is 24.4 Å². The first-order valence-electron chi connectivity index (χ1n) is 14.0. The lowest BCUT2D eigenvalue weighted by atomic mass is 9.80. The molecule has 6 unspecified atom stereocenters. The number of thioether (sulfide) groups is 1. The number of carbonyl (C=O) groups is 2. The molecule has 0 aromatic heterocycles.